The van der Waals surface area contributed by atoms with Gasteiger partial charge < -0.3 is 10.2 Å². The van der Waals surface area contributed by atoms with Crippen molar-refractivity contribution in [2.75, 3.05) is 24.3 Å². The van der Waals surface area contributed by atoms with E-state index in [2.05, 4.69) is 45.7 Å². The molecule has 116 valence electrons. The Hall–Kier alpha value is -2.15. The second kappa shape index (κ2) is 5.92. The molecule has 0 fully saturated rings. The molecule has 0 atom stereocenters. The maximum atomic E-state index is 4.62. The summed E-state index contributed by atoms with van der Waals surface area (Å²) in [5.41, 5.74) is 2.95. The van der Waals surface area contributed by atoms with Crippen LogP contribution >= 0.6 is 11.3 Å². The van der Waals surface area contributed by atoms with Crippen LogP contribution in [0.4, 0.5) is 10.9 Å². The number of rotatable bonds is 5. The highest BCUT2D eigenvalue weighted by Gasteiger charge is 2.10. The lowest BCUT2D eigenvalue weighted by Gasteiger charge is -2.11. The second-order valence-electron chi connectivity index (χ2n) is 5.69. The van der Waals surface area contributed by atoms with E-state index in [4.69, 9.17) is 0 Å². The molecule has 0 bridgehead atoms. The van der Waals surface area contributed by atoms with Crippen LogP contribution < -0.4 is 10.2 Å². The Bertz CT molecular complexity index is 773. The molecule has 0 aliphatic heterocycles. The molecule has 0 spiro atoms. The number of thiazole rings is 1. The molecule has 3 rings (SSSR count). The van der Waals surface area contributed by atoms with E-state index in [-0.39, 0.29) is 0 Å². The molecule has 3 aromatic heterocycles. The first kappa shape index (κ1) is 14.8. The maximum Gasteiger partial charge on any atom is 0.185 e. The first-order valence-electron chi connectivity index (χ1n) is 7.25. The third-order valence-corrected chi connectivity index (χ3v) is 4.40. The Balaban J connectivity index is 1.84. The number of fused-ring (bicyclic) bond motifs is 1. The summed E-state index contributed by atoms with van der Waals surface area (Å²) in [4.78, 5) is 11.2. The van der Waals surface area contributed by atoms with E-state index in [1.807, 2.05) is 29.6 Å². The fraction of sp³-hybridized carbons (Fsp3) is 0.400. The minimum absolute atomic E-state index is 0.375. The molecule has 0 aliphatic carbocycles. The molecule has 0 saturated heterocycles. The Morgan fingerprint density at radius 2 is 2.14 bits per heavy atom. The van der Waals surface area contributed by atoms with E-state index in [1.54, 1.807) is 17.5 Å². The number of nitrogens with zero attached hydrogens (tertiary/aromatic N) is 5. The van der Waals surface area contributed by atoms with Crippen molar-refractivity contribution in [3.8, 4) is 0 Å². The van der Waals surface area contributed by atoms with Crippen LogP contribution in [-0.2, 0) is 6.54 Å². The standard InChI is InChI=1S/C15H20N6S/c1-10(2)12-7-14(21-13(19-12)5-6-17-21)16-8-11-9-22-15(18-11)20(3)4/h5-7,9-10,16H,8H2,1-4H3. The minimum Gasteiger partial charge on any atom is -0.364 e. The SMILES string of the molecule is CC(C)c1cc(NCc2csc(N(C)C)n2)n2nccc2n1. The molecule has 6 nitrogen and oxygen atoms in total. The van der Waals surface area contributed by atoms with Crippen molar-refractivity contribution >= 4 is 27.9 Å². The summed E-state index contributed by atoms with van der Waals surface area (Å²) < 4.78 is 1.82. The van der Waals surface area contributed by atoms with Crippen molar-refractivity contribution in [1.29, 1.82) is 0 Å². The molecule has 0 aromatic carbocycles. The highest BCUT2D eigenvalue weighted by Crippen LogP contribution is 2.21. The fourth-order valence-corrected chi connectivity index (χ4v) is 2.88. The van der Waals surface area contributed by atoms with Gasteiger partial charge in [-0.1, -0.05) is 13.8 Å². The lowest BCUT2D eigenvalue weighted by Crippen LogP contribution is -2.10. The van der Waals surface area contributed by atoms with Gasteiger partial charge in [0.1, 0.15) is 5.82 Å². The van der Waals surface area contributed by atoms with Gasteiger partial charge >= 0.3 is 0 Å². The Morgan fingerprint density at radius 1 is 1.32 bits per heavy atom. The van der Waals surface area contributed by atoms with Crippen LogP contribution in [-0.4, -0.2) is 33.7 Å². The van der Waals surface area contributed by atoms with Gasteiger partial charge in [0.15, 0.2) is 10.8 Å². The van der Waals surface area contributed by atoms with Gasteiger partial charge in [-0.25, -0.2) is 9.97 Å². The van der Waals surface area contributed by atoms with Gasteiger partial charge in [0.25, 0.3) is 0 Å². The van der Waals surface area contributed by atoms with Gasteiger partial charge in [-0.05, 0) is 5.92 Å². The third kappa shape index (κ3) is 2.89. The van der Waals surface area contributed by atoms with Crippen molar-refractivity contribution < 1.29 is 0 Å². The number of hydrogen-bond donors (Lipinski definition) is 1. The Labute approximate surface area is 133 Å². The van der Waals surface area contributed by atoms with Crippen LogP contribution in [0.2, 0.25) is 0 Å². The smallest absolute Gasteiger partial charge is 0.185 e. The predicted octanol–water partition coefficient (Wildman–Crippen LogP) is 2.99. The number of aromatic nitrogens is 4. The van der Waals surface area contributed by atoms with Crippen LogP contribution in [0.5, 0.6) is 0 Å². The zero-order chi connectivity index (χ0) is 15.7. The molecule has 0 amide bonds. The minimum atomic E-state index is 0.375. The van der Waals surface area contributed by atoms with Crippen LogP contribution in [0.15, 0.2) is 23.7 Å². The van der Waals surface area contributed by atoms with Crippen molar-refractivity contribution in [2.24, 2.45) is 0 Å². The lowest BCUT2D eigenvalue weighted by molar-refractivity contribution is 0.807. The summed E-state index contributed by atoms with van der Waals surface area (Å²) >= 11 is 1.65. The quantitative estimate of drug-likeness (QED) is 0.784. The Kier molecular flexibility index (Phi) is 3.98. The lowest BCUT2D eigenvalue weighted by atomic mass is 10.1. The monoisotopic (exact) mass is 316 g/mol. The van der Waals surface area contributed by atoms with Crippen LogP contribution in [0.25, 0.3) is 5.65 Å². The van der Waals surface area contributed by atoms with E-state index in [9.17, 15) is 0 Å². The van der Waals surface area contributed by atoms with Crippen LogP contribution in [0, 0.1) is 0 Å². The van der Waals surface area contributed by atoms with Crippen LogP contribution in [0.3, 0.4) is 0 Å². The van der Waals surface area contributed by atoms with Gasteiger partial charge in [-0.2, -0.15) is 9.61 Å². The average Bonchev–Trinajstić information content (AvgIpc) is 3.13. The molecule has 0 aliphatic rings. The van der Waals surface area contributed by atoms with Gasteiger partial charge in [0.05, 0.1) is 18.4 Å². The zero-order valence-electron chi connectivity index (χ0n) is 13.2. The number of nitrogens with one attached hydrogen (secondary N) is 1. The molecule has 3 aromatic rings. The molecular weight excluding hydrogens is 296 g/mol. The van der Waals surface area contributed by atoms with E-state index < -0.39 is 0 Å². The summed E-state index contributed by atoms with van der Waals surface area (Å²) in [5, 5.41) is 10.8. The van der Waals surface area contributed by atoms with Crippen molar-refractivity contribution in [3.05, 3.63) is 35.1 Å². The van der Waals surface area contributed by atoms with Crippen molar-refractivity contribution in [3.63, 3.8) is 0 Å². The van der Waals surface area contributed by atoms with E-state index in [1.165, 1.54) is 0 Å². The molecule has 3 heterocycles. The average molecular weight is 316 g/mol. The maximum absolute atomic E-state index is 4.62. The zero-order valence-corrected chi connectivity index (χ0v) is 14.1. The molecule has 22 heavy (non-hydrogen) atoms. The summed E-state index contributed by atoms with van der Waals surface area (Å²) in [7, 11) is 4.00. The van der Waals surface area contributed by atoms with E-state index >= 15 is 0 Å². The molecule has 0 saturated carbocycles. The predicted molar refractivity (Wildman–Crippen MR) is 90.8 cm³/mol. The third-order valence-electron chi connectivity index (χ3n) is 3.34. The fourth-order valence-electron chi connectivity index (χ4n) is 2.12. The van der Waals surface area contributed by atoms with Crippen molar-refractivity contribution in [2.45, 2.75) is 26.3 Å². The van der Waals surface area contributed by atoms with Gasteiger partial charge in [0, 0.05) is 37.3 Å². The summed E-state index contributed by atoms with van der Waals surface area (Å²) in [5.74, 6) is 1.32. The first-order chi connectivity index (χ1) is 10.5. The Morgan fingerprint density at radius 3 is 2.82 bits per heavy atom. The molecule has 1 N–H and O–H groups in total. The van der Waals surface area contributed by atoms with Crippen molar-refractivity contribution in [1.82, 2.24) is 19.6 Å². The first-order valence-corrected chi connectivity index (χ1v) is 8.13. The van der Waals surface area contributed by atoms with E-state index in [0.29, 0.717) is 12.5 Å². The second-order valence-corrected chi connectivity index (χ2v) is 6.53. The molecule has 7 heteroatoms. The van der Waals surface area contributed by atoms with E-state index in [0.717, 1.165) is 28.0 Å². The number of anilines is 2. The highest BCUT2D eigenvalue weighted by molar-refractivity contribution is 7.13. The summed E-state index contributed by atoms with van der Waals surface area (Å²) in [6, 6.07) is 3.98. The topological polar surface area (TPSA) is 58.4 Å². The molecule has 0 unspecified atom stereocenters. The summed E-state index contributed by atoms with van der Waals surface area (Å²) in [6.45, 7) is 4.95. The normalized spacial score (nSPS) is 11.3. The largest absolute Gasteiger partial charge is 0.364 e. The van der Waals surface area contributed by atoms with Gasteiger partial charge in [-0.15, -0.1) is 11.3 Å². The van der Waals surface area contributed by atoms with Crippen LogP contribution in [0.1, 0.15) is 31.2 Å². The van der Waals surface area contributed by atoms with Gasteiger partial charge in [0.2, 0.25) is 0 Å². The number of hydrogen-bond acceptors (Lipinski definition) is 6. The highest BCUT2D eigenvalue weighted by atomic mass is 32.1. The van der Waals surface area contributed by atoms with Gasteiger partial charge in [-0.3, -0.25) is 0 Å². The summed E-state index contributed by atoms with van der Waals surface area (Å²) in [6.07, 6.45) is 1.77. The molecular formula is C15H20N6S. The molecule has 0 radical (unpaired) electrons.